The Labute approximate surface area is 224 Å². The summed E-state index contributed by atoms with van der Waals surface area (Å²) in [7, 11) is 0. The highest BCUT2D eigenvalue weighted by Gasteiger charge is 2.31. The third kappa shape index (κ3) is 5.71. The van der Waals surface area contributed by atoms with Crippen LogP contribution in [0.2, 0.25) is 0 Å². The lowest BCUT2D eigenvalue weighted by Crippen LogP contribution is -2.37. The van der Waals surface area contributed by atoms with E-state index in [0.29, 0.717) is 13.1 Å². The number of aromatic amines is 1. The van der Waals surface area contributed by atoms with Gasteiger partial charge in [0.25, 0.3) is 5.56 Å². The topological polar surface area (TPSA) is 88.9 Å². The van der Waals surface area contributed by atoms with Crippen LogP contribution in [0.1, 0.15) is 60.8 Å². The summed E-state index contributed by atoms with van der Waals surface area (Å²) < 4.78 is 7.80. The summed E-state index contributed by atoms with van der Waals surface area (Å²) in [5, 5.41) is 14.0. The van der Waals surface area contributed by atoms with Crippen LogP contribution in [-0.4, -0.2) is 49.3 Å². The van der Waals surface area contributed by atoms with E-state index in [1.807, 2.05) is 17.7 Å². The van der Waals surface area contributed by atoms with Gasteiger partial charge in [-0.15, -0.1) is 5.10 Å². The first-order valence-corrected chi connectivity index (χ1v) is 13.7. The van der Waals surface area contributed by atoms with Crippen molar-refractivity contribution in [1.82, 2.24) is 30.1 Å². The van der Waals surface area contributed by atoms with Crippen LogP contribution in [-0.2, 0) is 24.2 Å². The number of tetrazole rings is 1. The first-order valence-electron chi connectivity index (χ1n) is 13.7. The van der Waals surface area contributed by atoms with Crippen LogP contribution in [0.5, 0.6) is 0 Å². The number of aromatic nitrogens is 5. The van der Waals surface area contributed by atoms with E-state index in [1.54, 1.807) is 0 Å². The van der Waals surface area contributed by atoms with Gasteiger partial charge in [0.05, 0.1) is 24.2 Å². The van der Waals surface area contributed by atoms with Crippen LogP contribution in [0.15, 0.2) is 53.3 Å². The van der Waals surface area contributed by atoms with Crippen LogP contribution in [0.25, 0.3) is 10.9 Å². The lowest BCUT2D eigenvalue weighted by molar-refractivity contribution is 0.0864. The highest BCUT2D eigenvalue weighted by atomic mass is 16.5. The van der Waals surface area contributed by atoms with E-state index < -0.39 is 0 Å². The lowest BCUT2D eigenvalue weighted by atomic mass is 9.98. The van der Waals surface area contributed by atoms with Gasteiger partial charge in [-0.05, 0) is 72.2 Å². The molecule has 2 atom stereocenters. The molecule has 1 N–H and O–H groups in total. The van der Waals surface area contributed by atoms with E-state index in [4.69, 9.17) is 4.74 Å². The van der Waals surface area contributed by atoms with E-state index in [1.165, 1.54) is 5.56 Å². The zero-order valence-electron chi connectivity index (χ0n) is 22.9. The second-order valence-corrected chi connectivity index (χ2v) is 10.9. The molecular formula is C30H38N6O2. The number of nitrogens with zero attached hydrogens (tertiary/aromatic N) is 5. The monoisotopic (exact) mass is 514 g/mol. The second-order valence-electron chi connectivity index (χ2n) is 10.9. The number of ether oxygens (including phenoxy) is 1. The van der Waals surface area contributed by atoms with Gasteiger partial charge in [0.1, 0.15) is 0 Å². The molecule has 3 heterocycles. The summed E-state index contributed by atoms with van der Waals surface area (Å²) in [4.78, 5) is 18.9. The van der Waals surface area contributed by atoms with Crippen molar-refractivity contribution < 1.29 is 4.74 Å². The molecule has 38 heavy (non-hydrogen) atoms. The summed E-state index contributed by atoms with van der Waals surface area (Å²) in [6.07, 6.45) is 3.09. The van der Waals surface area contributed by atoms with Gasteiger partial charge >= 0.3 is 0 Å². The Hall–Kier alpha value is -3.36. The van der Waals surface area contributed by atoms with Crippen molar-refractivity contribution in [3.05, 3.63) is 87.0 Å². The molecule has 0 bridgehead atoms. The minimum Gasteiger partial charge on any atom is -0.376 e. The fourth-order valence-corrected chi connectivity index (χ4v) is 5.61. The number of fused-ring (bicyclic) bond motifs is 1. The molecule has 2 aromatic heterocycles. The van der Waals surface area contributed by atoms with Gasteiger partial charge in [-0.1, -0.05) is 56.3 Å². The number of hydrogen-bond donors (Lipinski definition) is 1. The molecule has 0 unspecified atom stereocenters. The Morgan fingerprint density at radius 2 is 1.92 bits per heavy atom. The highest BCUT2D eigenvalue weighted by molar-refractivity contribution is 5.85. The van der Waals surface area contributed by atoms with Gasteiger partial charge in [0.15, 0.2) is 5.82 Å². The van der Waals surface area contributed by atoms with Gasteiger partial charge in [-0.3, -0.25) is 9.69 Å². The average Bonchev–Trinajstić information content (AvgIpc) is 3.59. The Morgan fingerprint density at radius 3 is 2.66 bits per heavy atom. The Balaban J connectivity index is 1.51. The van der Waals surface area contributed by atoms with Gasteiger partial charge in [-0.25, -0.2) is 4.68 Å². The van der Waals surface area contributed by atoms with E-state index in [0.717, 1.165) is 65.8 Å². The second kappa shape index (κ2) is 11.6. The third-order valence-electron chi connectivity index (χ3n) is 7.67. The molecule has 0 saturated carbocycles. The third-order valence-corrected chi connectivity index (χ3v) is 7.67. The van der Waals surface area contributed by atoms with Crippen molar-refractivity contribution >= 4 is 10.9 Å². The normalized spacial score (nSPS) is 16.6. The molecule has 200 valence electrons. The molecule has 0 aliphatic carbocycles. The van der Waals surface area contributed by atoms with Crippen LogP contribution in [0.4, 0.5) is 0 Å². The Kier molecular flexibility index (Phi) is 8.00. The molecular weight excluding hydrogens is 476 g/mol. The van der Waals surface area contributed by atoms with Crippen molar-refractivity contribution in [2.75, 3.05) is 13.2 Å². The van der Waals surface area contributed by atoms with E-state index in [-0.39, 0.29) is 23.6 Å². The number of nitrogens with one attached hydrogen (secondary N) is 1. The highest BCUT2D eigenvalue weighted by Crippen LogP contribution is 2.30. The fourth-order valence-electron chi connectivity index (χ4n) is 5.61. The molecule has 1 aliphatic heterocycles. The predicted octanol–water partition coefficient (Wildman–Crippen LogP) is 4.75. The van der Waals surface area contributed by atoms with Gasteiger partial charge in [-0.2, -0.15) is 0 Å². The maximum Gasteiger partial charge on any atom is 0.252 e. The minimum absolute atomic E-state index is 0.0441. The first kappa shape index (κ1) is 26.3. The molecule has 1 saturated heterocycles. The molecule has 4 aromatic rings. The molecule has 5 rings (SSSR count). The zero-order chi connectivity index (χ0) is 26.6. The van der Waals surface area contributed by atoms with Crippen LogP contribution in [0, 0.1) is 19.8 Å². The Bertz CT molecular complexity index is 1420. The maximum absolute atomic E-state index is 13.3. The predicted molar refractivity (Wildman–Crippen MR) is 149 cm³/mol. The van der Waals surface area contributed by atoms with Crippen molar-refractivity contribution in [2.45, 2.75) is 72.2 Å². The fraction of sp³-hybridized carbons (Fsp3) is 0.467. The van der Waals surface area contributed by atoms with Crippen LogP contribution < -0.4 is 5.56 Å². The molecule has 8 nitrogen and oxygen atoms in total. The number of benzene rings is 2. The van der Waals surface area contributed by atoms with E-state index >= 15 is 0 Å². The summed E-state index contributed by atoms with van der Waals surface area (Å²) >= 11 is 0. The number of H-pyrrole nitrogens is 1. The summed E-state index contributed by atoms with van der Waals surface area (Å²) in [5.41, 5.74) is 5.11. The number of pyridine rings is 1. The van der Waals surface area contributed by atoms with Crippen molar-refractivity contribution in [1.29, 1.82) is 0 Å². The van der Waals surface area contributed by atoms with Crippen molar-refractivity contribution in [3.63, 3.8) is 0 Å². The smallest absolute Gasteiger partial charge is 0.252 e. The first-order chi connectivity index (χ1) is 18.4. The maximum atomic E-state index is 13.3. The molecule has 0 amide bonds. The summed E-state index contributed by atoms with van der Waals surface area (Å²) in [6.45, 7) is 11.2. The van der Waals surface area contributed by atoms with Crippen molar-refractivity contribution in [2.24, 2.45) is 5.92 Å². The van der Waals surface area contributed by atoms with E-state index in [9.17, 15) is 4.79 Å². The lowest BCUT2D eigenvalue weighted by Gasteiger charge is -2.33. The molecule has 0 spiro atoms. The summed E-state index contributed by atoms with van der Waals surface area (Å²) in [5.74, 6) is 1.05. The number of rotatable bonds is 10. The SMILES string of the molecule is Cc1ccc(C)c2[nH]c(=O)c(CN(CCc3ccccc3)[C@@H](c3nnnn3C[C@H]3CCCO3)C(C)C)cc12. The largest absolute Gasteiger partial charge is 0.376 e. The van der Waals surface area contributed by atoms with Crippen LogP contribution in [0.3, 0.4) is 0 Å². The molecule has 2 aromatic carbocycles. The Morgan fingerprint density at radius 1 is 1.13 bits per heavy atom. The van der Waals surface area contributed by atoms with E-state index in [2.05, 4.69) is 88.6 Å². The van der Waals surface area contributed by atoms with Gasteiger partial charge in [0, 0.05) is 30.6 Å². The van der Waals surface area contributed by atoms with Crippen molar-refractivity contribution in [3.8, 4) is 0 Å². The minimum atomic E-state index is -0.0659. The molecule has 0 radical (unpaired) electrons. The van der Waals surface area contributed by atoms with Gasteiger partial charge in [0.2, 0.25) is 0 Å². The summed E-state index contributed by atoms with van der Waals surface area (Å²) in [6, 6.07) is 16.7. The molecule has 1 fully saturated rings. The quantitative estimate of drug-likeness (QED) is 0.328. The van der Waals surface area contributed by atoms with Gasteiger partial charge < -0.3 is 9.72 Å². The van der Waals surface area contributed by atoms with Crippen LogP contribution >= 0.6 is 0 Å². The average molecular weight is 515 g/mol. The number of hydrogen-bond acceptors (Lipinski definition) is 6. The molecule has 1 aliphatic rings. The standard InChI is InChI=1S/C30H38N6O2/c1-20(2)28(29-32-33-34-36(29)19-25-11-8-16-38-25)35(15-14-23-9-6-5-7-10-23)18-24-17-26-21(3)12-13-22(4)27(26)31-30(24)37/h5-7,9-10,12-13,17,20,25,28H,8,11,14-16,18-19H2,1-4H3,(H,31,37)/t25-,28-/m1/s1. The molecule has 8 heteroatoms. The number of aryl methyl sites for hydroxylation is 2. The zero-order valence-corrected chi connectivity index (χ0v) is 22.9.